The number of anilines is 2. The van der Waals surface area contributed by atoms with Gasteiger partial charge in [-0.3, -0.25) is 4.79 Å². The van der Waals surface area contributed by atoms with Crippen LogP contribution < -0.4 is 11.1 Å². The molecule has 2 rings (SSSR count). The molecule has 2 aromatic rings. The van der Waals surface area contributed by atoms with Gasteiger partial charge in [0.15, 0.2) is 0 Å². The number of carbonyl (C=O) groups excluding carboxylic acids is 1. The molecule has 0 aliphatic rings. The number of benzene rings is 2. The third kappa shape index (κ3) is 3.59. The molecule has 0 atom stereocenters. The van der Waals surface area contributed by atoms with E-state index in [9.17, 15) is 4.79 Å². The van der Waals surface area contributed by atoms with Crippen molar-refractivity contribution >= 4 is 17.3 Å². The van der Waals surface area contributed by atoms with Crippen molar-refractivity contribution < 1.29 is 4.79 Å². The molecule has 2 aromatic carbocycles. The van der Waals surface area contributed by atoms with Gasteiger partial charge in [-0.2, -0.15) is 0 Å². The van der Waals surface area contributed by atoms with Gasteiger partial charge >= 0.3 is 0 Å². The van der Waals surface area contributed by atoms with Crippen molar-refractivity contribution in [3.63, 3.8) is 0 Å². The Morgan fingerprint density at radius 1 is 1.15 bits per heavy atom. The highest BCUT2D eigenvalue weighted by atomic mass is 16.1. The molecular formula is C16H19N3O. The molecule has 0 unspecified atom stereocenters. The van der Waals surface area contributed by atoms with Gasteiger partial charge in [0.05, 0.1) is 0 Å². The lowest BCUT2D eigenvalue weighted by molar-refractivity contribution is 0.102. The summed E-state index contributed by atoms with van der Waals surface area (Å²) >= 11 is 0. The number of nitrogens with two attached hydrogens (primary N) is 1. The van der Waals surface area contributed by atoms with E-state index in [-0.39, 0.29) is 5.91 Å². The largest absolute Gasteiger partial charge is 0.399 e. The lowest BCUT2D eigenvalue weighted by atomic mass is 10.1. The van der Waals surface area contributed by atoms with E-state index in [1.54, 1.807) is 24.3 Å². The fourth-order valence-electron chi connectivity index (χ4n) is 2.00. The molecule has 0 fully saturated rings. The molecule has 0 spiro atoms. The molecule has 0 aliphatic carbocycles. The Balaban J connectivity index is 2.19. The summed E-state index contributed by atoms with van der Waals surface area (Å²) in [5.41, 5.74) is 8.75. The second-order valence-corrected chi connectivity index (χ2v) is 4.97. The minimum atomic E-state index is -0.150. The standard InChI is InChI=1S/C16H19N3O/c1-19(2)11-13-6-3-4-9-15(13)18-16(20)12-7-5-8-14(17)10-12/h3-10H,11,17H2,1-2H3,(H,18,20). The van der Waals surface area contributed by atoms with E-state index in [1.165, 1.54) is 0 Å². The van der Waals surface area contributed by atoms with Crippen molar-refractivity contribution in [2.75, 3.05) is 25.1 Å². The second-order valence-electron chi connectivity index (χ2n) is 4.97. The molecule has 3 N–H and O–H groups in total. The minimum absolute atomic E-state index is 0.150. The van der Waals surface area contributed by atoms with Crippen molar-refractivity contribution in [1.82, 2.24) is 4.90 Å². The molecule has 0 saturated heterocycles. The molecule has 0 saturated carbocycles. The summed E-state index contributed by atoms with van der Waals surface area (Å²) in [6.07, 6.45) is 0. The molecule has 1 amide bonds. The van der Waals surface area contributed by atoms with Gasteiger partial charge in [-0.25, -0.2) is 0 Å². The van der Waals surface area contributed by atoms with Gasteiger partial charge < -0.3 is 16.0 Å². The zero-order valence-corrected chi connectivity index (χ0v) is 11.8. The van der Waals surface area contributed by atoms with Crippen LogP contribution in [0.15, 0.2) is 48.5 Å². The van der Waals surface area contributed by atoms with Crippen LogP contribution in [0.5, 0.6) is 0 Å². The maximum atomic E-state index is 12.2. The molecule has 0 radical (unpaired) electrons. The normalized spacial score (nSPS) is 10.6. The number of carbonyl (C=O) groups is 1. The van der Waals surface area contributed by atoms with Crippen LogP contribution in [0.1, 0.15) is 15.9 Å². The molecule has 0 aromatic heterocycles. The van der Waals surface area contributed by atoms with Crippen molar-refractivity contribution in [2.45, 2.75) is 6.54 Å². The second kappa shape index (κ2) is 6.21. The molecule has 20 heavy (non-hydrogen) atoms. The highest BCUT2D eigenvalue weighted by Crippen LogP contribution is 2.18. The quantitative estimate of drug-likeness (QED) is 0.839. The molecule has 4 heteroatoms. The molecular weight excluding hydrogens is 250 g/mol. The topological polar surface area (TPSA) is 58.4 Å². The van der Waals surface area contributed by atoms with Crippen LogP contribution in [0.3, 0.4) is 0 Å². The molecule has 4 nitrogen and oxygen atoms in total. The van der Waals surface area contributed by atoms with Gasteiger partial charge in [-0.1, -0.05) is 24.3 Å². The third-order valence-electron chi connectivity index (χ3n) is 2.90. The van der Waals surface area contributed by atoms with Gasteiger partial charge in [-0.15, -0.1) is 0 Å². The summed E-state index contributed by atoms with van der Waals surface area (Å²) in [7, 11) is 3.99. The van der Waals surface area contributed by atoms with Gasteiger partial charge in [0.25, 0.3) is 5.91 Å². The predicted molar refractivity (Wildman–Crippen MR) is 82.6 cm³/mol. The van der Waals surface area contributed by atoms with Crippen molar-refractivity contribution in [3.05, 3.63) is 59.7 Å². The van der Waals surface area contributed by atoms with Gasteiger partial charge in [0.1, 0.15) is 0 Å². The third-order valence-corrected chi connectivity index (χ3v) is 2.90. The Morgan fingerprint density at radius 3 is 2.60 bits per heavy atom. The van der Waals surface area contributed by atoms with Crippen LogP contribution >= 0.6 is 0 Å². The van der Waals surface area contributed by atoms with E-state index < -0.39 is 0 Å². The van der Waals surface area contributed by atoms with Crippen LogP contribution in [-0.2, 0) is 6.54 Å². The van der Waals surface area contributed by atoms with Crippen molar-refractivity contribution in [2.24, 2.45) is 0 Å². The van der Waals surface area contributed by atoms with Crippen LogP contribution in [-0.4, -0.2) is 24.9 Å². The Kier molecular flexibility index (Phi) is 4.38. The molecule has 0 aliphatic heterocycles. The minimum Gasteiger partial charge on any atom is -0.399 e. The summed E-state index contributed by atoms with van der Waals surface area (Å²) in [6.45, 7) is 0.771. The Hall–Kier alpha value is -2.33. The van der Waals surface area contributed by atoms with Crippen LogP contribution in [0.4, 0.5) is 11.4 Å². The van der Waals surface area contributed by atoms with Crippen LogP contribution in [0.2, 0.25) is 0 Å². The van der Waals surface area contributed by atoms with E-state index in [4.69, 9.17) is 5.73 Å². The number of hydrogen-bond acceptors (Lipinski definition) is 3. The number of nitrogen functional groups attached to an aromatic ring is 1. The number of rotatable bonds is 4. The monoisotopic (exact) mass is 269 g/mol. The zero-order chi connectivity index (χ0) is 14.5. The van der Waals surface area contributed by atoms with E-state index in [2.05, 4.69) is 10.2 Å². The summed E-state index contributed by atoms with van der Waals surface area (Å²) < 4.78 is 0. The first-order chi connectivity index (χ1) is 9.56. The summed E-state index contributed by atoms with van der Waals surface area (Å²) in [6, 6.07) is 14.7. The maximum absolute atomic E-state index is 12.2. The molecule has 0 heterocycles. The molecule has 0 bridgehead atoms. The number of para-hydroxylation sites is 1. The predicted octanol–water partition coefficient (Wildman–Crippen LogP) is 2.58. The van der Waals surface area contributed by atoms with E-state index >= 15 is 0 Å². The van der Waals surface area contributed by atoms with Gasteiger partial charge in [-0.05, 0) is 43.9 Å². The lowest BCUT2D eigenvalue weighted by Crippen LogP contribution is -2.16. The highest BCUT2D eigenvalue weighted by Gasteiger charge is 2.09. The average Bonchev–Trinajstić information content (AvgIpc) is 2.40. The SMILES string of the molecule is CN(C)Cc1ccccc1NC(=O)c1cccc(N)c1. The fraction of sp³-hybridized carbons (Fsp3) is 0.188. The van der Waals surface area contributed by atoms with E-state index in [1.807, 2.05) is 38.4 Å². The summed E-state index contributed by atoms with van der Waals surface area (Å²) in [5.74, 6) is -0.150. The Labute approximate surface area is 119 Å². The molecule has 104 valence electrons. The van der Waals surface area contributed by atoms with Gasteiger partial charge in [0.2, 0.25) is 0 Å². The highest BCUT2D eigenvalue weighted by molar-refractivity contribution is 6.05. The van der Waals surface area contributed by atoms with Crippen molar-refractivity contribution in [3.8, 4) is 0 Å². The average molecular weight is 269 g/mol. The smallest absolute Gasteiger partial charge is 0.255 e. The number of amides is 1. The van der Waals surface area contributed by atoms with E-state index in [0.717, 1.165) is 17.8 Å². The maximum Gasteiger partial charge on any atom is 0.255 e. The number of nitrogens with one attached hydrogen (secondary N) is 1. The first kappa shape index (κ1) is 14.1. The Bertz CT molecular complexity index is 608. The lowest BCUT2D eigenvalue weighted by Gasteiger charge is -2.15. The zero-order valence-electron chi connectivity index (χ0n) is 11.8. The van der Waals surface area contributed by atoms with Crippen LogP contribution in [0, 0.1) is 0 Å². The van der Waals surface area contributed by atoms with Gasteiger partial charge in [0, 0.05) is 23.5 Å². The van der Waals surface area contributed by atoms with Crippen molar-refractivity contribution in [1.29, 1.82) is 0 Å². The first-order valence-electron chi connectivity index (χ1n) is 6.46. The first-order valence-corrected chi connectivity index (χ1v) is 6.46. The Morgan fingerprint density at radius 2 is 1.90 bits per heavy atom. The fourth-order valence-corrected chi connectivity index (χ4v) is 2.00. The summed E-state index contributed by atoms with van der Waals surface area (Å²) in [4.78, 5) is 14.3. The summed E-state index contributed by atoms with van der Waals surface area (Å²) in [5, 5.41) is 2.94. The van der Waals surface area contributed by atoms with Crippen LogP contribution in [0.25, 0.3) is 0 Å². The van der Waals surface area contributed by atoms with E-state index in [0.29, 0.717) is 11.3 Å². The number of nitrogens with zero attached hydrogens (tertiary/aromatic N) is 1. The number of hydrogen-bond donors (Lipinski definition) is 2.